The minimum Gasteiger partial charge on any atom is -0.320 e. The fourth-order valence-corrected chi connectivity index (χ4v) is 5.64. The van der Waals surface area contributed by atoms with E-state index in [-0.39, 0.29) is 12.1 Å². The van der Waals surface area contributed by atoms with Gasteiger partial charge in [-0.25, -0.2) is 4.79 Å². The van der Waals surface area contributed by atoms with E-state index in [0.29, 0.717) is 33.8 Å². The van der Waals surface area contributed by atoms with Crippen LogP contribution in [0.15, 0.2) is 42.5 Å². The molecule has 174 valence electrons. The lowest BCUT2D eigenvalue weighted by Gasteiger charge is -2.38. The van der Waals surface area contributed by atoms with E-state index in [1.807, 2.05) is 23.1 Å². The zero-order valence-electron chi connectivity index (χ0n) is 18.8. The molecular weight excluding hydrogens is 455 g/mol. The van der Waals surface area contributed by atoms with E-state index in [9.17, 15) is 10.1 Å². The van der Waals surface area contributed by atoms with Gasteiger partial charge in [0.1, 0.15) is 0 Å². The second-order valence-corrected chi connectivity index (χ2v) is 9.95. The van der Waals surface area contributed by atoms with Crippen LogP contribution in [0.1, 0.15) is 55.6 Å². The normalized spacial score (nSPS) is 20.9. The second kappa shape index (κ2) is 11.2. The smallest absolute Gasteiger partial charge is 0.320 e. The molecule has 4 rings (SSSR count). The highest BCUT2D eigenvalue weighted by Crippen LogP contribution is 2.35. The topological polar surface area (TPSA) is 59.4 Å². The number of benzene rings is 2. The highest BCUT2D eigenvalue weighted by atomic mass is 35.5. The number of rotatable bonds is 6. The third-order valence-electron chi connectivity index (χ3n) is 6.86. The van der Waals surface area contributed by atoms with Gasteiger partial charge in [-0.2, -0.15) is 5.26 Å². The Hall–Kier alpha value is -2.26. The number of nitrogens with zero attached hydrogens (tertiary/aromatic N) is 3. The second-order valence-electron chi connectivity index (χ2n) is 9.07. The molecule has 2 amide bonds. The molecule has 1 N–H and O–H groups in total. The largest absolute Gasteiger partial charge is 0.322 e. The highest BCUT2D eigenvalue weighted by Gasteiger charge is 2.30. The Balaban J connectivity index is 1.43. The van der Waals surface area contributed by atoms with Crippen molar-refractivity contribution < 1.29 is 4.79 Å². The molecule has 1 aliphatic heterocycles. The summed E-state index contributed by atoms with van der Waals surface area (Å²) in [6.45, 7) is 3.83. The van der Waals surface area contributed by atoms with Crippen molar-refractivity contribution in [3.63, 3.8) is 0 Å². The van der Waals surface area contributed by atoms with Crippen molar-refractivity contribution in [3.8, 4) is 6.07 Å². The fourth-order valence-electron chi connectivity index (χ4n) is 5.11. The van der Waals surface area contributed by atoms with Gasteiger partial charge in [-0.1, -0.05) is 35.3 Å². The number of likely N-dealkylation sites (tertiary alicyclic amines) is 1. The molecule has 2 aliphatic rings. The summed E-state index contributed by atoms with van der Waals surface area (Å²) in [5.74, 6) is 0.435. The number of halogens is 2. The first-order valence-electron chi connectivity index (χ1n) is 11.8. The van der Waals surface area contributed by atoms with E-state index in [0.717, 1.165) is 45.3 Å². The molecule has 1 saturated carbocycles. The minimum absolute atomic E-state index is 0.0949. The molecule has 5 nitrogen and oxygen atoms in total. The number of hydrogen-bond acceptors (Lipinski definition) is 3. The van der Waals surface area contributed by atoms with Crippen LogP contribution in [0.3, 0.4) is 0 Å². The van der Waals surface area contributed by atoms with Gasteiger partial charge >= 0.3 is 6.03 Å². The summed E-state index contributed by atoms with van der Waals surface area (Å²) in [7, 11) is 0. The molecule has 7 heteroatoms. The van der Waals surface area contributed by atoms with Gasteiger partial charge in [0.25, 0.3) is 0 Å². The average Bonchev–Trinajstić information content (AvgIpc) is 3.33. The summed E-state index contributed by atoms with van der Waals surface area (Å²) in [6.07, 6.45) is 6.39. The van der Waals surface area contributed by atoms with Gasteiger partial charge in [0.2, 0.25) is 0 Å². The number of nitrogens with one attached hydrogen (secondary N) is 1. The molecule has 0 spiro atoms. The van der Waals surface area contributed by atoms with E-state index in [4.69, 9.17) is 23.2 Å². The van der Waals surface area contributed by atoms with Crippen LogP contribution in [-0.2, 0) is 0 Å². The SMILES string of the molecule is N#Cc1cccc([C@H]2CC[C@H](N(CCN3CCCC3)C(=O)Nc3cc(Cl)cc(Cl)c3)CC2)c1. The van der Waals surface area contributed by atoms with Gasteiger partial charge in [-0.05, 0) is 93.4 Å². The Labute approximate surface area is 206 Å². The molecule has 0 unspecified atom stereocenters. The molecule has 0 radical (unpaired) electrons. The average molecular weight is 485 g/mol. The summed E-state index contributed by atoms with van der Waals surface area (Å²) in [6, 6.07) is 15.4. The molecule has 1 heterocycles. The van der Waals surface area contributed by atoms with Crippen molar-refractivity contribution in [1.82, 2.24) is 9.80 Å². The third kappa shape index (κ3) is 6.41. The number of nitriles is 1. The van der Waals surface area contributed by atoms with Crippen molar-refractivity contribution in [2.45, 2.75) is 50.5 Å². The van der Waals surface area contributed by atoms with Gasteiger partial charge in [-0.15, -0.1) is 0 Å². The third-order valence-corrected chi connectivity index (χ3v) is 7.29. The maximum Gasteiger partial charge on any atom is 0.322 e. The summed E-state index contributed by atoms with van der Waals surface area (Å²) in [4.78, 5) is 17.8. The van der Waals surface area contributed by atoms with Crippen molar-refractivity contribution in [2.24, 2.45) is 0 Å². The number of amides is 2. The van der Waals surface area contributed by atoms with Gasteiger partial charge < -0.3 is 15.1 Å². The molecule has 0 bridgehead atoms. The Bertz CT molecular complexity index is 987. The predicted molar refractivity (Wildman–Crippen MR) is 134 cm³/mol. The zero-order chi connectivity index (χ0) is 23.2. The standard InChI is InChI=1S/C26H30Cl2N4O/c27-22-15-23(28)17-24(16-22)30-26(33)32(13-12-31-10-1-2-11-31)25-8-6-20(7-9-25)21-5-3-4-19(14-21)18-29/h3-5,14-17,20,25H,1-2,6-13H2,(H,30,33)/t20-,25-. The van der Waals surface area contributed by atoms with Crippen LogP contribution in [0.4, 0.5) is 10.5 Å². The summed E-state index contributed by atoms with van der Waals surface area (Å²) >= 11 is 12.3. The van der Waals surface area contributed by atoms with E-state index in [2.05, 4.69) is 22.4 Å². The maximum atomic E-state index is 13.3. The van der Waals surface area contributed by atoms with Gasteiger partial charge in [0, 0.05) is 34.9 Å². The van der Waals surface area contributed by atoms with E-state index in [1.165, 1.54) is 18.4 Å². The van der Waals surface area contributed by atoms with Crippen LogP contribution < -0.4 is 5.32 Å². The van der Waals surface area contributed by atoms with E-state index < -0.39 is 0 Å². The van der Waals surface area contributed by atoms with Crippen LogP contribution >= 0.6 is 23.2 Å². The van der Waals surface area contributed by atoms with Crippen LogP contribution in [0.2, 0.25) is 10.0 Å². The highest BCUT2D eigenvalue weighted by molar-refractivity contribution is 6.35. The molecule has 1 aliphatic carbocycles. The maximum absolute atomic E-state index is 13.3. The quantitative estimate of drug-likeness (QED) is 0.507. The van der Waals surface area contributed by atoms with E-state index >= 15 is 0 Å². The van der Waals surface area contributed by atoms with Crippen molar-refractivity contribution in [2.75, 3.05) is 31.5 Å². The van der Waals surface area contributed by atoms with Crippen molar-refractivity contribution >= 4 is 34.9 Å². The van der Waals surface area contributed by atoms with Crippen LogP contribution in [-0.4, -0.2) is 48.1 Å². The number of hydrogen-bond donors (Lipinski definition) is 1. The van der Waals surface area contributed by atoms with Crippen molar-refractivity contribution in [1.29, 1.82) is 5.26 Å². The summed E-state index contributed by atoms with van der Waals surface area (Å²) in [5, 5.41) is 13.2. The summed E-state index contributed by atoms with van der Waals surface area (Å²) in [5.41, 5.74) is 2.56. The van der Waals surface area contributed by atoms with E-state index in [1.54, 1.807) is 18.2 Å². The van der Waals surface area contributed by atoms with Crippen molar-refractivity contribution in [3.05, 3.63) is 63.6 Å². The predicted octanol–water partition coefficient (Wildman–Crippen LogP) is 6.52. The lowest BCUT2D eigenvalue weighted by molar-refractivity contribution is 0.151. The van der Waals surface area contributed by atoms with Gasteiger partial charge in [0.15, 0.2) is 0 Å². The number of carbonyl (C=O) groups is 1. The van der Waals surface area contributed by atoms with Gasteiger partial charge in [-0.3, -0.25) is 0 Å². The number of carbonyl (C=O) groups excluding carboxylic acids is 1. The minimum atomic E-state index is -0.0949. The van der Waals surface area contributed by atoms with Crippen LogP contribution in [0.25, 0.3) is 0 Å². The lowest BCUT2D eigenvalue weighted by Crippen LogP contribution is -2.47. The number of anilines is 1. The Morgan fingerprint density at radius 2 is 1.76 bits per heavy atom. The molecular formula is C26H30Cl2N4O. The first-order valence-corrected chi connectivity index (χ1v) is 12.5. The molecule has 2 fully saturated rings. The fraction of sp³-hybridized carbons (Fsp3) is 0.462. The lowest BCUT2D eigenvalue weighted by atomic mass is 9.81. The first kappa shape index (κ1) is 23.9. The van der Waals surface area contributed by atoms with Crippen LogP contribution in [0.5, 0.6) is 0 Å². The first-order chi connectivity index (χ1) is 16.0. The number of urea groups is 1. The monoisotopic (exact) mass is 484 g/mol. The molecule has 33 heavy (non-hydrogen) atoms. The molecule has 0 aromatic heterocycles. The summed E-state index contributed by atoms with van der Waals surface area (Å²) < 4.78 is 0. The molecule has 0 atom stereocenters. The molecule has 2 aromatic rings. The zero-order valence-corrected chi connectivity index (χ0v) is 20.3. The Kier molecular flexibility index (Phi) is 8.14. The molecule has 1 saturated heterocycles. The molecule has 2 aromatic carbocycles. The van der Waals surface area contributed by atoms with Gasteiger partial charge in [0.05, 0.1) is 11.6 Å². The Morgan fingerprint density at radius 1 is 1.06 bits per heavy atom. The Morgan fingerprint density at radius 3 is 2.42 bits per heavy atom. The van der Waals surface area contributed by atoms with Crippen LogP contribution in [0, 0.1) is 11.3 Å².